The molecular formula is C21H20Cl2N4O. The molecule has 0 radical (unpaired) electrons. The fourth-order valence-electron chi connectivity index (χ4n) is 2.78. The van der Waals surface area contributed by atoms with E-state index >= 15 is 0 Å². The molecule has 0 aliphatic rings. The number of hydrogen-bond acceptors (Lipinski definition) is 3. The second kappa shape index (κ2) is 9.04. The number of carbonyl (C=O) groups is 1. The van der Waals surface area contributed by atoms with E-state index < -0.39 is 0 Å². The van der Waals surface area contributed by atoms with E-state index in [0.29, 0.717) is 16.7 Å². The molecule has 1 atom stereocenters. The van der Waals surface area contributed by atoms with Gasteiger partial charge in [0.1, 0.15) is 5.15 Å². The van der Waals surface area contributed by atoms with Gasteiger partial charge in [-0.25, -0.2) is 4.68 Å². The van der Waals surface area contributed by atoms with E-state index in [4.69, 9.17) is 23.2 Å². The van der Waals surface area contributed by atoms with Crippen molar-refractivity contribution in [2.24, 2.45) is 0 Å². The van der Waals surface area contributed by atoms with Gasteiger partial charge in [0, 0.05) is 29.1 Å². The van der Waals surface area contributed by atoms with Crippen molar-refractivity contribution in [1.82, 2.24) is 20.1 Å². The first-order valence-electron chi connectivity index (χ1n) is 8.80. The van der Waals surface area contributed by atoms with Gasteiger partial charge in [-0.2, -0.15) is 5.10 Å². The molecule has 1 amide bonds. The lowest BCUT2D eigenvalue weighted by Crippen LogP contribution is -2.24. The summed E-state index contributed by atoms with van der Waals surface area (Å²) in [5.74, 6) is -0.203. The van der Waals surface area contributed by atoms with Gasteiger partial charge in [-0.1, -0.05) is 35.3 Å². The summed E-state index contributed by atoms with van der Waals surface area (Å²) in [6.45, 7) is 4.31. The molecule has 1 unspecified atom stereocenters. The van der Waals surface area contributed by atoms with Crippen LogP contribution in [0.3, 0.4) is 0 Å². The van der Waals surface area contributed by atoms with Gasteiger partial charge in [-0.05, 0) is 55.3 Å². The molecule has 3 aromatic rings. The van der Waals surface area contributed by atoms with E-state index in [9.17, 15) is 4.79 Å². The lowest BCUT2D eigenvalue weighted by molar-refractivity contribution is -0.117. The second-order valence-corrected chi connectivity index (χ2v) is 7.21. The minimum Gasteiger partial charge on any atom is -0.346 e. The van der Waals surface area contributed by atoms with Gasteiger partial charge in [0.15, 0.2) is 0 Å². The largest absolute Gasteiger partial charge is 0.346 e. The van der Waals surface area contributed by atoms with Gasteiger partial charge in [-0.15, -0.1) is 0 Å². The Kier molecular flexibility index (Phi) is 6.49. The Morgan fingerprint density at radius 1 is 1.18 bits per heavy atom. The van der Waals surface area contributed by atoms with Crippen molar-refractivity contribution in [3.05, 3.63) is 87.4 Å². The monoisotopic (exact) mass is 414 g/mol. The minimum atomic E-state index is -0.203. The lowest BCUT2D eigenvalue weighted by Gasteiger charge is -2.12. The predicted octanol–water partition coefficient (Wildman–Crippen LogP) is 4.83. The molecule has 2 aromatic heterocycles. The standard InChI is InChI=1S/C21H20Cl2N4O/c1-14(17-9-11-24-12-10-17)25-20(28)8-7-19-15(2)26-27(21(19)23)13-16-3-5-18(22)6-4-16/h3-12,14H,13H2,1-2H3,(H,25,28). The van der Waals surface area contributed by atoms with Crippen molar-refractivity contribution in [2.75, 3.05) is 0 Å². The maximum atomic E-state index is 12.3. The maximum absolute atomic E-state index is 12.3. The van der Waals surface area contributed by atoms with E-state index in [2.05, 4.69) is 15.4 Å². The van der Waals surface area contributed by atoms with Gasteiger partial charge < -0.3 is 5.32 Å². The van der Waals surface area contributed by atoms with Crippen molar-refractivity contribution in [3.8, 4) is 0 Å². The number of hydrogen-bond donors (Lipinski definition) is 1. The van der Waals surface area contributed by atoms with Crippen molar-refractivity contribution in [2.45, 2.75) is 26.4 Å². The average Bonchev–Trinajstić information content (AvgIpc) is 2.95. The van der Waals surface area contributed by atoms with Gasteiger partial charge in [-0.3, -0.25) is 9.78 Å². The highest BCUT2D eigenvalue weighted by Gasteiger charge is 2.12. The Bertz CT molecular complexity index is 982. The van der Waals surface area contributed by atoms with Crippen molar-refractivity contribution >= 4 is 35.2 Å². The highest BCUT2D eigenvalue weighted by molar-refractivity contribution is 6.31. The number of amides is 1. The Morgan fingerprint density at radius 3 is 2.54 bits per heavy atom. The fourth-order valence-corrected chi connectivity index (χ4v) is 3.20. The number of rotatable bonds is 6. The molecule has 28 heavy (non-hydrogen) atoms. The summed E-state index contributed by atoms with van der Waals surface area (Å²) in [4.78, 5) is 16.2. The first-order valence-corrected chi connectivity index (χ1v) is 9.55. The molecule has 2 heterocycles. The average molecular weight is 415 g/mol. The van der Waals surface area contributed by atoms with Gasteiger partial charge in [0.25, 0.3) is 0 Å². The number of nitrogens with zero attached hydrogens (tertiary/aromatic N) is 3. The molecule has 144 valence electrons. The van der Waals surface area contributed by atoms with Crippen LogP contribution in [0.5, 0.6) is 0 Å². The third-order valence-corrected chi connectivity index (χ3v) is 4.97. The van der Waals surface area contributed by atoms with Crippen molar-refractivity contribution < 1.29 is 4.79 Å². The number of aryl methyl sites for hydroxylation is 1. The molecule has 0 saturated heterocycles. The van der Waals surface area contributed by atoms with Crippen molar-refractivity contribution in [3.63, 3.8) is 0 Å². The zero-order chi connectivity index (χ0) is 20.1. The molecule has 0 aliphatic carbocycles. The van der Waals surface area contributed by atoms with Crippen molar-refractivity contribution in [1.29, 1.82) is 0 Å². The quantitative estimate of drug-likeness (QED) is 0.587. The Balaban J connectivity index is 1.69. The highest BCUT2D eigenvalue weighted by atomic mass is 35.5. The Labute approximate surface area is 174 Å². The number of carbonyl (C=O) groups excluding carboxylic acids is 1. The van der Waals surface area contributed by atoms with Gasteiger partial charge in [0.2, 0.25) is 5.91 Å². The number of nitrogens with one attached hydrogen (secondary N) is 1. The SMILES string of the molecule is Cc1nn(Cc2ccc(Cl)cc2)c(Cl)c1C=CC(=O)NC(C)c1ccncc1. The van der Waals surface area contributed by atoms with E-state index in [-0.39, 0.29) is 11.9 Å². The zero-order valence-electron chi connectivity index (χ0n) is 15.6. The smallest absolute Gasteiger partial charge is 0.244 e. The van der Waals surface area contributed by atoms with E-state index in [0.717, 1.165) is 22.4 Å². The molecule has 1 N–H and O–H groups in total. The van der Waals surface area contributed by atoms with E-state index in [1.54, 1.807) is 23.2 Å². The first-order chi connectivity index (χ1) is 13.4. The number of benzene rings is 1. The molecule has 1 aromatic carbocycles. The lowest BCUT2D eigenvalue weighted by atomic mass is 10.1. The van der Waals surface area contributed by atoms with Crippen LogP contribution in [0.15, 0.2) is 54.9 Å². The summed E-state index contributed by atoms with van der Waals surface area (Å²) >= 11 is 12.4. The van der Waals surface area contributed by atoms with E-state index in [1.165, 1.54) is 6.08 Å². The second-order valence-electron chi connectivity index (χ2n) is 6.42. The summed E-state index contributed by atoms with van der Waals surface area (Å²) in [5.41, 5.74) is 3.50. The molecular weight excluding hydrogens is 395 g/mol. The van der Waals surface area contributed by atoms with Gasteiger partial charge >= 0.3 is 0 Å². The van der Waals surface area contributed by atoms with Crippen LogP contribution in [0.1, 0.15) is 35.3 Å². The third-order valence-electron chi connectivity index (χ3n) is 4.32. The summed E-state index contributed by atoms with van der Waals surface area (Å²) in [6.07, 6.45) is 6.57. The predicted molar refractivity (Wildman–Crippen MR) is 112 cm³/mol. The topological polar surface area (TPSA) is 59.8 Å². The van der Waals surface area contributed by atoms with Crippen LogP contribution in [0.4, 0.5) is 0 Å². The fraction of sp³-hybridized carbons (Fsp3) is 0.190. The Morgan fingerprint density at radius 2 is 1.86 bits per heavy atom. The molecule has 0 fully saturated rings. The summed E-state index contributed by atoms with van der Waals surface area (Å²) in [6, 6.07) is 11.1. The number of aromatic nitrogens is 3. The van der Waals surface area contributed by atoms with E-state index in [1.807, 2.05) is 50.2 Å². The summed E-state index contributed by atoms with van der Waals surface area (Å²) < 4.78 is 1.71. The molecule has 0 saturated carbocycles. The summed E-state index contributed by atoms with van der Waals surface area (Å²) in [7, 11) is 0. The first kappa shape index (κ1) is 20.1. The minimum absolute atomic E-state index is 0.121. The summed E-state index contributed by atoms with van der Waals surface area (Å²) in [5, 5.41) is 8.56. The maximum Gasteiger partial charge on any atom is 0.244 e. The van der Waals surface area contributed by atoms with Crippen LogP contribution >= 0.6 is 23.2 Å². The number of halogens is 2. The van der Waals surface area contributed by atoms with Crippen LogP contribution in [-0.4, -0.2) is 20.7 Å². The van der Waals surface area contributed by atoms with Crippen LogP contribution < -0.4 is 5.32 Å². The molecule has 0 spiro atoms. The van der Waals surface area contributed by atoms with Crippen LogP contribution in [-0.2, 0) is 11.3 Å². The normalized spacial score (nSPS) is 12.3. The van der Waals surface area contributed by atoms with Crippen LogP contribution in [0, 0.1) is 6.92 Å². The Hall–Kier alpha value is -2.63. The molecule has 0 aliphatic heterocycles. The molecule has 5 nitrogen and oxygen atoms in total. The third kappa shape index (κ3) is 5.00. The highest BCUT2D eigenvalue weighted by Crippen LogP contribution is 2.23. The molecule has 3 rings (SSSR count). The number of pyridine rings is 1. The van der Waals surface area contributed by atoms with Crippen LogP contribution in [0.2, 0.25) is 10.2 Å². The van der Waals surface area contributed by atoms with Crippen LogP contribution in [0.25, 0.3) is 6.08 Å². The molecule has 0 bridgehead atoms. The van der Waals surface area contributed by atoms with Gasteiger partial charge in [0.05, 0.1) is 18.3 Å². The zero-order valence-corrected chi connectivity index (χ0v) is 17.1. The molecule has 7 heteroatoms.